The lowest BCUT2D eigenvalue weighted by Gasteiger charge is -2.23. The first kappa shape index (κ1) is 82.5. The number of phosphoric acid groups is 4. The Morgan fingerprint density at radius 1 is 0.248 bits per heavy atom. The number of phosphoric ester groups is 4. The minimum absolute atomic E-state index is 0.0355. The standard InChI is InChI=1S/C93H75N3O25P4/c1-101-70-34-67(37-73(40-70)116-122(97,110-52-61-22-10-4-11-23-61)111-53-62-24-12-5-13-25-62)79-46-85(76-43-88-91(107-58-104-88)49-82(76)94-79)119-125(100,120-86-47-80(95-83-50-92-89(44-77(83)86)105-59-108-92)68-35-71(102-2)41-74(38-68)117-123(98,112-54-63-26-14-6-15-27-63)113-55-64-28-16-7-17-29-64)121-87-48-81(96-84-51-93-90(45-78(84)87)106-60-109-93)69-36-72(103-3)42-75(39-69)118-124(99,114-56-65-30-18-8-19-31-65)115-57-66-32-20-9-21-33-66/h4-51H,52-60H2,1-3H3. The van der Waals surface area contributed by atoms with Crippen LogP contribution in [0.1, 0.15) is 33.4 Å². The Kier molecular flexibility index (Phi) is 24.1. The first-order chi connectivity index (χ1) is 61.0. The van der Waals surface area contributed by atoms with Crippen LogP contribution in [0.25, 0.3) is 66.5 Å². The van der Waals surface area contributed by atoms with Crippen LogP contribution in [-0.2, 0) is 85.0 Å². The Morgan fingerprint density at radius 2 is 0.464 bits per heavy atom. The van der Waals surface area contributed by atoms with Crippen LogP contribution in [0, 0.1) is 0 Å². The lowest BCUT2D eigenvalue weighted by molar-refractivity contribution is 0.142. The van der Waals surface area contributed by atoms with Crippen LogP contribution in [0.4, 0.5) is 0 Å². The number of nitrogens with zero attached hydrogens (tertiary/aromatic N) is 3. The largest absolute Gasteiger partial charge is 0.647 e. The van der Waals surface area contributed by atoms with Gasteiger partial charge in [-0.2, -0.15) is 4.57 Å². The SMILES string of the molecule is COc1cc(OP(=O)(OCc2ccccc2)OCc2ccccc2)cc(-c2cc(OP(=O)(Oc3cc(-c4cc(OC)cc(OP(=O)(OCc5ccccc5)OCc5ccccc5)c4)nc4cc5c(cc34)OCO5)Oc3cc(-c4cc(OC)cc(OP(=O)(OCc5ccccc5)OCc5ccccc5)c4)nc4cc5c(cc34)OCO5)c3cc4c(cc3n2)OCO4)c1. The van der Waals surface area contributed by atoms with E-state index >= 15 is 18.3 Å². The molecule has 632 valence electrons. The zero-order chi connectivity index (χ0) is 85.3. The van der Waals surface area contributed by atoms with Gasteiger partial charge in [0.05, 0.1) is 94.6 Å². The molecule has 0 spiro atoms. The third-order valence-corrected chi connectivity index (χ3v) is 24.9. The molecule has 125 heavy (non-hydrogen) atoms. The molecule has 28 nitrogen and oxygen atoms in total. The number of methoxy groups -OCH3 is 3. The van der Waals surface area contributed by atoms with Crippen molar-refractivity contribution in [2.75, 3.05) is 41.7 Å². The molecule has 0 N–H and O–H groups in total. The summed E-state index contributed by atoms with van der Waals surface area (Å²) in [5.74, 6) is 1.63. The summed E-state index contributed by atoms with van der Waals surface area (Å²) in [7, 11) is -14.9. The molecule has 32 heteroatoms. The minimum Gasteiger partial charge on any atom is -0.497 e. The molecule has 0 fully saturated rings. The molecule has 3 aliphatic rings. The van der Waals surface area contributed by atoms with E-state index in [2.05, 4.69) is 0 Å². The second-order valence-corrected chi connectivity index (χ2v) is 34.5. The first-order valence-electron chi connectivity index (χ1n) is 39.0. The second-order valence-electron chi connectivity index (χ2n) is 28.3. The molecule has 0 saturated heterocycles. The van der Waals surface area contributed by atoms with Crippen molar-refractivity contribution < 1.29 is 115 Å². The summed E-state index contributed by atoms with van der Waals surface area (Å²) < 4.78 is 194. The predicted molar refractivity (Wildman–Crippen MR) is 461 cm³/mol. The fraction of sp³-hybridized carbons (Fsp3) is 0.129. The van der Waals surface area contributed by atoms with Gasteiger partial charge >= 0.3 is 31.3 Å². The van der Waals surface area contributed by atoms with E-state index in [1.807, 2.05) is 182 Å². The lowest BCUT2D eigenvalue weighted by atomic mass is 10.1. The van der Waals surface area contributed by atoms with Crippen molar-refractivity contribution in [3.05, 3.63) is 325 Å². The summed E-state index contributed by atoms with van der Waals surface area (Å²) in [6.45, 7) is -1.45. The molecule has 0 aliphatic carbocycles. The predicted octanol–water partition coefficient (Wildman–Crippen LogP) is 23.0. The molecule has 15 aromatic rings. The summed E-state index contributed by atoms with van der Waals surface area (Å²) in [5, 5.41) is 0.566. The van der Waals surface area contributed by atoms with Gasteiger partial charge in [-0.3, -0.25) is 27.1 Å². The Morgan fingerprint density at radius 3 is 0.688 bits per heavy atom. The fourth-order valence-corrected chi connectivity index (χ4v) is 18.3. The topological polar surface area (TPSA) is 301 Å². The first-order valence-corrected chi connectivity index (χ1v) is 44.8. The molecule has 0 atom stereocenters. The zero-order valence-corrected chi connectivity index (χ0v) is 70.5. The average Bonchev–Trinajstić information content (AvgIpc) is 1.71. The highest BCUT2D eigenvalue weighted by atomic mass is 31.2. The Labute approximate surface area is 716 Å². The number of hydrogen-bond acceptors (Lipinski definition) is 28. The molecule has 3 aliphatic heterocycles. The average molecular weight is 1760 g/mol. The molecule has 0 radical (unpaired) electrons. The molecular formula is C93H75N3O25P4. The summed E-state index contributed by atoms with van der Waals surface area (Å²) in [6.07, 6.45) is 0. The van der Waals surface area contributed by atoms with Crippen molar-refractivity contribution in [1.29, 1.82) is 0 Å². The van der Waals surface area contributed by atoms with Crippen molar-refractivity contribution in [1.82, 2.24) is 15.0 Å². The van der Waals surface area contributed by atoms with Crippen LogP contribution in [-0.4, -0.2) is 56.7 Å². The van der Waals surface area contributed by atoms with E-state index in [4.69, 9.17) is 112 Å². The number of hydrogen-bond donors (Lipinski definition) is 0. The van der Waals surface area contributed by atoms with Crippen LogP contribution in [0.3, 0.4) is 0 Å². The molecule has 0 bridgehead atoms. The van der Waals surface area contributed by atoms with E-state index in [9.17, 15) is 0 Å². The monoisotopic (exact) mass is 1760 g/mol. The number of pyridine rings is 3. The molecule has 3 aromatic heterocycles. The smallest absolute Gasteiger partial charge is 0.497 e. The Balaban J connectivity index is 0.791. The summed E-state index contributed by atoms with van der Waals surface area (Å²) >= 11 is 0. The highest BCUT2D eigenvalue weighted by Gasteiger charge is 2.40. The maximum absolute atomic E-state index is 17.8. The van der Waals surface area contributed by atoms with Gasteiger partial charge in [0.15, 0.2) is 34.5 Å². The molecule has 0 amide bonds. The third-order valence-electron chi connectivity index (χ3n) is 19.7. The van der Waals surface area contributed by atoms with Gasteiger partial charge in [0.2, 0.25) is 20.4 Å². The van der Waals surface area contributed by atoms with Gasteiger partial charge in [-0.25, -0.2) is 28.6 Å². The van der Waals surface area contributed by atoms with Crippen LogP contribution in [0.2, 0.25) is 0 Å². The van der Waals surface area contributed by atoms with E-state index in [-0.39, 0.29) is 195 Å². The van der Waals surface area contributed by atoms with Gasteiger partial charge in [0.1, 0.15) is 51.7 Å². The van der Waals surface area contributed by atoms with Crippen molar-refractivity contribution in [3.8, 4) is 120 Å². The van der Waals surface area contributed by atoms with Crippen molar-refractivity contribution in [2.24, 2.45) is 0 Å². The van der Waals surface area contributed by atoms with E-state index < -0.39 is 31.3 Å². The molecule has 0 unspecified atom stereocenters. The van der Waals surface area contributed by atoms with E-state index in [0.29, 0.717) is 50.6 Å². The summed E-state index contributed by atoms with van der Waals surface area (Å²) in [4.78, 5) is 15.5. The van der Waals surface area contributed by atoms with Gasteiger partial charge in [0.25, 0.3) is 0 Å². The van der Waals surface area contributed by atoms with Gasteiger partial charge in [-0.15, -0.1) is 0 Å². The Bertz CT molecular complexity index is 5900. The van der Waals surface area contributed by atoms with E-state index in [0.717, 1.165) is 0 Å². The number of ether oxygens (including phenoxy) is 9. The van der Waals surface area contributed by atoms with E-state index in [1.165, 1.54) is 57.7 Å². The molecule has 0 saturated carbocycles. The van der Waals surface area contributed by atoms with Gasteiger partial charge in [-0.1, -0.05) is 182 Å². The normalized spacial score (nSPS) is 12.8. The number of benzene rings is 12. The highest BCUT2D eigenvalue weighted by molar-refractivity contribution is 7.50. The lowest BCUT2D eigenvalue weighted by Crippen LogP contribution is -2.09. The zero-order valence-electron chi connectivity index (χ0n) is 66.9. The Hall–Kier alpha value is -13.5. The fourth-order valence-electron chi connectivity index (χ4n) is 13.5. The van der Waals surface area contributed by atoms with Crippen molar-refractivity contribution in [2.45, 2.75) is 39.6 Å². The summed E-state index contributed by atoms with van der Waals surface area (Å²) in [5.41, 5.74) is 5.90. The van der Waals surface area contributed by atoms with Crippen molar-refractivity contribution in [3.63, 3.8) is 0 Å². The maximum Gasteiger partial charge on any atom is 0.647 e. The van der Waals surface area contributed by atoms with Crippen LogP contribution in [0.5, 0.6) is 86.2 Å². The number of aromatic nitrogens is 3. The molecule has 12 aromatic carbocycles. The van der Waals surface area contributed by atoms with Crippen LogP contribution >= 0.6 is 31.3 Å². The van der Waals surface area contributed by atoms with Crippen LogP contribution in [0.15, 0.2) is 291 Å². The number of fused-ring (bicyclic) bond motifs is 6. The molecule has 18 rings (SSSR count). The van der Waals surface area contributed by atoms with Gasteiger partial charge in [0, 0.05) is 87.4 Å². The molecular weight excluding hydrogens is 1680 g/mol. The molecule has 6 heterocycles. The maximum atomic E-state index is 17.8. The minimum atomic E-state index is -5.61. The third kappa shape index (κ3) is 19.8. The van der Waals surface area contributed by atoms with Crippen molar-refractivity contribution >= 4 is 64.0 Å². The van der Waals surface area contributed by atoms with Gasteiger partial charge in [-0.05, 0) is 88.0 Å². The summed E-state index contributed by atoms with van der Waals surface area (Å²) in [6, 6.07) is 82.8. The van der Waals surface area contributed by atoms with E-state index in [1.54, 1.807) is 72.8 Å². The quantitative estimate of drug-likeness (QED) is 0.0329. The van der Waals surface area contributed by atoms with Gasteiger partial charge < -0.3 is 69.8 Å². The van der Waals surface area contributed by atoms with Crippen LogP contribution < -0.4 is 69.8 Å². The number of rotatable bonds is 36. The second kappa shape index (κ2) is 36.5. The highest BCUT2D eigenvalue weighted by Crippen LogP contribution is 2.59.